The van der Waals surface area contributed by atoms with Crippen molar-refractivity contribution in [1.29, 1.82) is 0 Å². The van der Waals surface area contributed by atoms with E-state index in [1.54, 1.807) is 0 Å². The minimum atomic E-state index is -2.43. The molecular weight excluding hydrogens is 232 g/mol. The van der Waals surface area contributed by atoms with Gasteiger partial charge in [0.25, 0.3) is 0 Å². The molecule has 98 valence electrons. The standard InChI is InChI=1S/C13H24O3Si/c1-4-14-17(15-5-2,16-6-3)12-11-13-9-7-8-10-13/h7-10,13H,4-6,11-12H2,1-3H3. The summed E-state index contributed by atoms with van der Waals surface area (Å²) in [5.41, 5.74) is 0. The van der Waals surface area contributed by atoms with Gasteiger partial charge in [0.05, 0.1) is 0 Å². The van der Waals surface area contributed by atoms with Gasteiger partial charge in [0.15, 0.2) is 0 Å². The summed E-state index contributed by atoms with van der Waals surface area (Å²) < 4.78 is 17.4. The second-order valence-corrected chi connectivity index (χ2v) is 6.69. The summed E-state index contributed by atoms with van der Waals surface area (Å²) in [6.45, 7) is 7.95. The third-order valence-electron chi connectivity index (χ3n) is 2.70. The first-order valence-corrected chi connectivity index (χ1v) is 8.46. The van der Waals surface area contributed by atoms with Crippen LogP contribution in [0.3, 0.4) is 0 Å². The van der Waals surface area contributed by atoms with E-state index < -0.39 is 8.80 Å². The fourth-order valence-corrected chi connectivity index (χ4v) is 4.70. The first-order valence-electron chi connectivity index (χ1n) is 6.53. The van der Waals surface area contributed by atoms with Crippen molar-refractivity contribution in [2.75, 3.05) is 19.8 Å². The van der Waals surface area contributed by atoms with Gasteiger partial charge in [-0.25, -0.2) is 0 Å². The van der Waals surface area contributed by atoms with E-state index in [2.05, 4.69) is 24.3 Å². The largest absolute Gasteiger partial charge is 0.500 e. The predicted molar refractivity (Wildman–Crippen MR) is 71.8 cm³/mol. The van der Waals surface area contributed by atoms with Gasteiger partial charge in [-0.05, 0) is 33.1 Å². The maximum Gasteiger partial charge on any atom is 0.500 e. The van der Waals surface area contributed by atoms with Crippen LogP contribution in [0.2, 0.25) is 6.04 Å². The van der Waals surface area contributed by atoms with E-state index in [1.165, 1.54) is 0 Å². The van der Waals surface area contributed by atoms with Crippen molar-refractivity contribution in [3.05, 3.63) is 24.3 Å². The van der Waals surface area contributed by atoms with Crippen LogP contribution in [0.15, 0.2) is 24.3 Å². The molecule has 1 aliphatic carbocycles. The smallest absolute Gasteiger partial charge is 0.374 e. The average Bonchev–Trinajstić information content (AvgIpc) is 2.80. The third kappa shape index (κ3) is 4.75. The van der Waals surface area contributed by atoms with Crippen LogP contribution in [-0.4, -0.2) is 28.6 Å². The maximum absolute atomic E-state index is 5.82. The number of hydrogen-bond acceptors (Lipinski definition) is 3. The van der Waals surface area contributed by atoms with E-state index in [0.717, 1.165) is 12.5 Å². The summed E-state index contributed by atoms with van der Waals surface area (Å²) in [5.74, 6) is 0.517. The molecule has 0 aromatic carbocycles. The molecule has 0 aromatic heterocycles. The first-order chi connectivity index (χ1) is 8.26. The van der Waals surface area contributed by atoms with E-state index >= 15 is 0 Å². The number of allylic oxidation sites excluding steroid dienone is 4. The minimum Gasteiger partial charge on any atom is -0.374 e. The second kappa shape index (κ2) is 7.82. The molecule has 0 aliphatic heterocycles. The highest BCUT2D eigenvalue weighted by atomic mass is 28.4. The van der Waals surface area contributed by atoms with Gasteiger partial charge in [0, 0.05) is 25.9 Å². The van der Waals surface area contributed by atoms with Gasteiger partial charge < -0.3 is 13.3 Å². The number of rotatable bonds is 9. The monoisotopic (exact) mass is 256 g/mol. The lowest BCUT2D eigenvalue weighted by Crippen LogP contribution is -2.46. The van der Waals surface area contributed by atoms with E-state index in [9.17, 15) is 0 Å². The van der Waals surface area contributed by atoms with Gasteiger partial charge in [0.1, 0.15) is 0 Å². The molecule has 0 spiro atoms. The van der Waals surface area contributed by atoms with E-state index in [4.69, 9.17) is 13.3 Å². The molecule has 0 N–H and O–H groups in total. The molecular formula is C13H24O3Si. The topological polar surface area (TPSA) is 27.7 Å². The molecule has 0 saturated heterocycles. The molecule has 0 bridgehead atoms. The zero-order valence-electron chi connectivity index (χ0n) is 11.1. The van der Waals surface area contributed by atoms with E-state index in [-0.39, 0.29) is 0 Å². The van der Waals surface area contributed by atoms with Crippen LogP contribution < -0.4 is 0 Å². The van der Waals surface area contributed by atoms with Crippen LogP contribution in [0.25, 0.3) is 0 Å². The molecule has 0 amide bonds. The van der Waals surface area contributed by atoms with Crippen molar-refractivity contribution in [1.82, 2.24) is 0 Å². The number of hydrogen-bond donors (Lipinski definition) is 0. The van der Waals surface area contributed by atoms with Crippen LogP contribution in [0.1, 0.15) is 27.2 Å². The molecule has 17 heavy (non-hydrogen) atoms. The minimum absolute atomic E-state index is 0.517. The summed E-state index contributed by atoms with van der Waals surface area (Å²) >= 11 is 0. The molecule has 0 fully saturated rings. The molecule has 0 heterocycles. The van der Waals surface area contributed by atoms with Crippen LogP contribution >= 0.6 is 0 Å². The summed E-state index contributed by atoms with van der Waals surface area (Å²) in [4.78, 5) is 0. The molecule has 0 saturated carbocycles. The van der Waals surface area contributed by atoms with Gasteiger partial charge in [-0.2, -0.15) is 0 Å². The lowest BCUT2D eigenvalue weighted by Gasteiger charge is -2.29. The Labute approximate surface area is 106 Å². The Morgan fingerprint density at radius 1 is 0.882 bits per heavy atom. The lowest BCUT2D eigenvalue weighted by molar-refractivity contribution is 0.0704. The van der Waals surface area contributed by atoms with Gasteiger partial charge >= 0.3 is 8.80 Å². The Balaban J connectivity index is 2.52. The first kappa shape index (κ1) is 14.6. The highest BCUT2D eigenvalue weighted by molar-refractivity contribution is 6.60. The van der Waals surface area contributed by atoms with Gasteiger partial charge in [-0.1, -0.05) is 24.3 Å². The molecule has 4 heteroatoms. The lowest BCUT2D eigenvalue weighted by atomic mass is 10.1. The van der Waals surface area contributed by atoms with Gasteiger partial charge in [-0.15, -0.1) is 0 Å². The van der Waals surface area contributed by atoms with Crippen molar-refractivity contribution in [2.45, 2.75) is 33.2 Å². The summed E-state index contributed by atoms with van der Waals surface area (Å²) in [6, 6.07) is 0.891. The zero-order chi connectivity index (χ0) is 12.6. The van der Waals surface area contributed by atoms with Crippen LogP contribution in [0, 0.1) is 5.92 Å². The summed E-state index contributed by atoms with van der Waals surface area (Å²) in [7, 11) is -2.43. The Kier molecular flexibility index (Phi) is 6.73. The molecule has 0 aromatic rings. The normalized spacial score (nSPS) is 15.9. The summed E-state index contributed by atoms with van der Waals surface area (Å²) in [5, 5.41) is 0. The maximum atomic E-state index is 5.82. The van der Waals surface area contributed by atoms with E-state index in [0.29, 0.717) is 25.7 Å². The SMILES string of the molecule is CCO[Si](CCC1C=CC=C1)(OCC)OCC. The zero-order valence-corrected chi connectivity index (χ0v) is 12.1. The molecule has 0 radical (unpaired) electrons. The van der Waals surface area contributed by atoms with Crippen molar-refractivity contribution in [2.24, 2.45) is 5.92 Å². The molecule has 1 rings (SSSR count). The quantitative estimate of drug-likeness (QED) is 0.593. The molecule has 0 unspecified atom stereocenters. The highest BCUT2D eigenvalue weighted by Gasteiger charge is 2.40. The van der Waals surface area contributed by atoms with E-state index in [1.807, 2.05) is 20.8 Å². The Hall–Kier alpha value is -0.423. The van der Waals surface area contributed by atoms with Crippen LogP contribution in [-0.2, 0) is 13.3 Å². The Morgan fingerprint density at radius 3 is 1.76 bits per heavy atom. The average molecular weight is 256 g/mol. The fraction of sp³-hybridized carbons (Fsp3) is 0.692. The van der Waals surface area contributed by atoms with Crippen molar-refractivity contribution in [3.63, 3.8) is 0 Å². The summed E-state index contributed by atoms with van der Waals surface area (Å²) in [6.07, 6.45) is 9.65. The van der Waals surface area contributed by atoms with Crippen LogP contribution in [0.5, 0.6) is 0 Å². The predicted octanol–water partition coefficient (Wildman–Crippen LogP) is 3.17. The van der Waals surface area contributed by atoms with Crippen LogP contribution in [0.4, 0.5) is 0 Å². The van der Waals surface area contributed by atoms with Crippen molar-refractivity contribution < 1.29 is 13.3 Å². The molecule has 0 atom stereocenters. The fourth-order valence-electron chi connectivity index (χ4n) is 2.02. The van der Waals surface area contributed by atoms with Gasteiger partial charge in [-0.3, -0.25) is 0 Å². The Morgan fingerprint density at radius 2 is 1.35 bits per heavy atom. The molecule has 1 aliphatic rings. The third-order valence-corrected chi connectivity index (χ3v) is 5.79. The van der Waals surface area contributed by atoms with Crippen molar-refractivity contribution >= 4 is 8.80 Å². The second-order valence-electron chi connectivity index (χ2n) is 3.95. The highest BCUT2D eigenvalue weighted by Crippen LogP contribution is 2.24. The van der Waals surface area contributed by atoms with Crippen molar-refractivity contribution in [3.8, 4) is 0 Å². The van der Waals surface area contributed by atoms with Gasteiger partial charge in [0.2, 0.25) is 0 Å². The molecule has 3 nitrogen and oxygen atoms in total. The Bertz CT molecular complexity index is 234.